The van der Waals surface area contributed by atoms with Crippen LogP contribution in [0.1, 0.15) is 25.0 Å². The van der Waals surface area contributed by atoms with Gasteiger partial charge < -0.3 is 14.5 Å². The maximum atomic E-state index is 4.55. The molecule has 44 heavy (non-hydrogen) atoms. The van der Waals surface area contributed by atoms with Gasteiger partial charge in [0.1, 0.15) is 0 Å². The maximum absolute atomic E-state index is 4.55. The maximum Gasteiger partial charge on any atom is 0.0383 e. The Morgan fingerprint density at radius 1 is 0.705 bits per heavy atom. The van der Waals surface area contributed by atoms with E-state index >= 15 is 0 Å². The van der Waals surface area contributed by atoms with Crippen molar-refractivity contribution < 1.29 is 20.1 Å². The van der Waals surface area contributed by atoms with Crippen LogP contribution < -0.4 is 0 Å². The Labute approximate surface area is 274 Å². The van der Waals surface area contributed by atoms with Crippen LogP contribution in [0.4, 0.5) is 0 Å². The Balaban J connectivity index is 0.000000175. The first-order valence-corrected chi connectivity index (χ1v) is 14.8. The Morgan fingerprint density at radius 2 is 1.45 bits per heavy atom. The van der Waals surface area contributed by atoms with E-state index in [9.17, 15) is 0 Å². The predicted octanol–water partition coefficient (Wildman–Crippen LogP) is 10.1. The van der Waals surface area contributed by atoms with Crippen molar-refractivity contribution in [3.63, 3.8) is 0 Å². The molecular formula is C40H35IrN3-2. The second-order valence-corrected chi connectivity index (χ2v) is 11.4. The molecule has 7 rings (SSSR count). The Kier molecular flexibility index (Phi) is 9.85. The topological polar surface area (TPSA) is 30.7 Å². The van der Waals surface area contributed by atoms with Gasteiger partial charge in [0, 0.05) is 50.1 Å². The molecule has 0 fully saturated rings. The van der Waals surface area contributed by atoms with Gasteiger partial charge in [0.05, 0.1) is 0 Å². The molecule has 0 amide bonds. The Morgan fingerprint density at radius 3 is 2.18 bits per heavy atom. The third-order valence-corrected chi connectivity index (χ3v) is 7.62. The second-order valence-electron chi connectivity index (χ2n) is 11.4. The molecule has 4 aromatic carbocycles. The first-order valence-electron chi connectivity index (χ1n) is 14.8. The fourth-order valence-electron chi connectivity index (χ4n) is 5.55. The predicted molar refractivity (Wildman–Crippen MR) is 180 cm³/mol. The standard InChI is InChI=1S/C22H21N2.C18H14N.Ir/c1-15(2)14-24-21-7-5-4-6-18(21)19-9-8-17(13-22(19)24)20-12-16(3)10-11-23-20;1-14-12-18(16-10-6-3-7-11-16)19-13-17(14)15-8-4-2-5-9-15;/h4-7,9-13,15H,14H2,1-3H3;2-10,12-13H,1H3;/q2*-1;. The van der Waals surface area contributed by atoms with Gasteiger partial charge in [0.15, 0.2) is 0 Å². The van der Waals surface area contributed by atoms with Crippen LogP contribution in [0.5, 0.6) is 0 Å². The van der Waals surface area contributed by atoms with E-state index in [-0.39, 0.29) is 20.1 Å². The number of aryl methyl sites for hydroxylation is 2. The molecule has 3 aromatic heterocycles. The molecule has 3 heterocycles. The number of nitrogens with zero attached hydrogens (tertiary/aromatic N) is 3. The molecule has 3 nitrogen and oxygen atoms in total. The van der Waals surface area contributed by atoms with Crippen molar-refractivity contribution in [3.8, 4) is 33.6 Å². The average molecular weight is 750 g/mol. The third-order valence-electron chi connectivity index (χ3n) is 7.62. The molecule has 0 aliphatic heterocycles. The molecule has 0 atom stereocenters. The van der Waals surface area contributed by atoms with Crippen LogP contribution in [-0.4, -0.2) is 14.5 Å². The first kappa shape index (κ1) is 31.1. The van der Waals surface area contributed by atoms with Crippen LogP contribution in [0.2, 0.25) is 0 Å². The van der Waals surface area contributed by atoms with Crippen molar-refractivity contribution in [2.24, 2.45) is 5.92 Å². The summed E-state index contributed by atoms with van der Waals surface area (Å²) in [5.74, 6) is 0.591. The summed E-state index contributed by atoms with van der Waals surface area (Å²) < 4.78 is 2.43. The van der Waals surface area contributed by atoms with Crippen molar-refractivity contribution in [3.05, 3.63) is 145 Å². The number of para-hydroxylation sites is 1. The van der Waals surface area contributed by atoms with E-state index in [0.717, 1.165) is 29.1 Å². The zero-order chi connectivity index (χ0) is 29.8. The summed E-state index contributed by atoms with van der Waals surface area (Å²) in [7, 11) is 0. The summed E-state index contributed by atoms with van der Waals surface area (Å²) >= 11 is 0. The molecule has 0 unspecified atom stereocenters. The average Bonchev–Trinajstić information content (AvgIpc) is 3.34. The van der Waals surface area contributed by atoms with Crippen LogP contribution in [0.3, 0.4) is 0 Å². The van der Waals surface area contributed by atoms with Gasteiger partial charge >= 0.3 is 0 Å². The summed E-state index contributed by atoms with van der Waals surface area (Å²) in [5.41, 5.74) is 11.4. The number of hydrogen-bond donors (Lipinski definition) is 0. The van der Waals surface area contributed by atoms with Gasteiger partial charge in [-0.15, -0.1) is 59.7 Å². The van der Waals surface area contributed by atoms with Crippen LogP contribution >= 0.6 is 0 Å². The van der Waals surface area contributed by atoms with Crippen LogP contribution in [0.25, 0.3) is 55.4 Å². The van der Waals surface area contributed by atoms with Crippen LogP contribution in [0, 0.1) is 31.9 Å². The smallest absolute Gasteiger partial charge is 0.0383 e. The molecule has 0 aliphatic rings. The minimum Gasteiger partial charge on any atom is -0.358 e. The summed E-state index contributed by atoms with van der Waals surface area (Å²) in [5, 5.41) is 2.57. The first-order chi connectivity index (χ1) is 21.0. The minimum absolute atomic E-state index is 0. The quantitative estimate of drug-likeness (QED) is 0.164. The number of aromatic nitrogens is 3. The number of hydrogen-bond acceptors (Lipinski definition) is 2. The number of rotatable bonds is 5. The minimum atomic E-state index is 0. The van der Waals surface area contributed by atoms with Crippen LogP contribution in [0.15, 0.2) is 122 Å². The van der Waals surface area contributed by atoms with Crippen LogP contribution in [-0.2, 0) is 26.7 Å². The second kappa shape index (κ2) is 13.9. The molecule has 1 radical (unpaired) electrons. The summed E-state index contributed by atoms with van der Waals surface area (Å²) in [6, 6.07) is 44.2. The molecule has 0 saturated heterocycles. The molecular weight excluding hydrogens is 715 g/mol. The SMILES string of the molecule is Cc1cc(-c2[c-]cccc2)ncc1-c1ccccc1.Cc1ccnc(-c2[c-]cc3c4ccccc4n(CC(C)C)c3c2)c1.[Ir]. The van der Waals surface area contributed by atoms with Gasteiger partial charge in [-0.1, -0.05) is 85.5 Å². The molecule has 221 valence electrons. The van der Waals surface area contributed by atoms with Crippen molar-refractivity contribution >= 4 is 21.8 Å². The number of benzene rings is 4. The van der Waals surface area contributed by atoms with E-state index in [1.807, 2.05) is 60.9 Å². The summed E-state index contributed by atoms with van der Waals surface area (Å²) in [6.45, 7) is 9.75. The van der Waals surface area contributed by atoms with E-state index in [4.69, 9.17) is 0 Å². The Bertz CT molecular complexity index is 1990. The molecule has 4 heteroatoms. The molecule has 0 N–H and O–H groups in total. The largest absolute Gasteiger partial charge is 0.358 e. The third kappa shape index (κ3) is 6.73. The fraction of sp³-hybridized carbons (Fsp3) is 0.150. The van der Waals surface area contributed by atoms with Crippen molar-refractivity contribution in [2.75, 3.05) is 0 Å². The molecule has 0 bridgehead atoms. The van der Waals surface area contributed by atoms with E-state index < -0.39 is 0 Å². The number of pyridine rings is 2. The van der Waals surface area contributed by atoms with E-state index in [1.54, 1.807) is 0 Å². The van der Waals surface area contributed by atoms with Gasteiger partial charge in [-0.2, -0.15) is 0 Å². The van der Waals surface area contributed by atoms with Gasteiger partial charge in [-0.25, -0.2) is 0 Å². The summed E-state index contributed by atoms with van der Waals surface area (Å²) in [6.07, 6.45) is 3.81. The molecule has 0 spiro atoms. The van der Waals surface area contributed by atoms with Gasteiger partial charge in [-0.05, 0) is 65.3 Å². The normalized spacial score (nSPS) is 10.8. The zero-order valence-corrected chi connectivity index (χ0v) is 27.9. The van der Waals surface area contributed by atoms with Gasteiger partial charge in [0.25, 0.3) is 0 Å². The van der Waals surface area contributed by atoms with E-state index in [2.05, 4.69) is 115 Å². The molecule has 0 aliphatic carbocycles. The Hall–Kier alpha value is -4.37. The monoisotopic (exact) mass is 750 g/mol. The van der Waals surface area contributed by atoms with Crippen molar-refractivity contribution in [1.82, 2.24) is 14.5 Å². The molecule has 7 aromatic rings. The summed E-state index contributed by atoms with van der Waals surface area (Å²) in [4.78, 5) is 9.08. The van der Waals surface area contributed by atoms with Gasteiger partial charge in [-0.3, -0.25) is 0 Å². The van der Waals surface area contributed by atoms with Crippen molar-refractivity contribution in [1.29, 1.82) is 0 Å². The van der Waals surface area contributed by atoms with E-state index in [0.29, 0.717) is 5.92 Å². The van der Waals surface area contributed by atoms with Gasteiger partial charge in [0.2, 0.25) is 0 Å². The fourth-order valence-corrected chi connectivity index (χ4v) is 5.55. The van der Waals surface area contributed by atoms with Crippen molar-refractivity contribution in [2.45, 2.75) is 34.2 Å². The number of fused-ring (bicyclic) bond motifs is 3. The van der Waals surface area contributed by atoms with E-state index in [1.165, 1.54) is 44.1 Å². The zero-order valence-electron chi connectivity index (χ0n) is 25.5. The molecule has 0 saturated carbocycles.